The number of aliphatic carboxylic acids is 1. The fraction of sp³-hybridized carbons (Fsp3) is 0.877. The van der Waals surface area contributed by atoms with E-state index < -0.39 is 200 Å². The molecule has 0 unspecified atom stereocenters. The van der Waals surface area contributed by atoms with E-state index in [9.17, 15) is 80.8 Å². The van der Waals surface area contributed by atoms with Crippen LogP contribution < -0.4 is 0 Å². The monoisotopic (exact) mass is 1170 g/mol. The number of aldehydes is 1. The largest absolute Gasteiger partial charge is 0.479 e. The Morgan fingerprint density at radius 2 is 1.30 bits per heavy atom. The number of ether oxygens (including phenoxy) is 9. The number of hydrogen-bond acceptors (Lipinski definition) is 24. The molecule has 0 bridgehead atoms. The molecule has 0 aromatic heterocycles. The van der Waals surface area contributed by atoms with E-state index in [0.29, 0.717) is 44.1 Å². The average Bonchev–Trinajstić information content (AvgIpc) is 0.800. The molecular formula is C57H88O25. The van der Waals surface area contributed by atoms with Crippen molar-refractivity contribution in [3.63, 3.8) is 0 Å². The fourth-order valence-electron chi connectivity index (χ4n) is 16.7. The molecule has 9 aliphatic rings. The van der Waals surface area contributed by atoms with Gasteiger partial charge < -0.3 is 114 Å². The van der Waals surface area contributed by atoms with Crippen molar-refractivity contribution in [1.29, 1.82) is 0 Å². The lowest BCUT2D eigenvalue weighted by atomic mass is 9.33. The maximum atomic E-state index is 14.1. The number of carboxylic acid groups (broad SMARTS) is 1. The van der Waals surface area contributed by atoms with Crippen molar-refractivity contribution < 1.29 is 123 Å². The Kier molecular flexibility index (Phi) is 18.2. The normalized spacial score (nSPS) is 52.2. The summed E-state index contributed by atoms with van der Waals surface area (Å²) in [6.07, 6.45) is -28.9. The van der Waals surface area contributed by atoms with E-state index in [2.05, 4.69) is 40.7 Å². The van der Waals surface area contributed by atoms with Gasteiger partial charge in [-0.15, -0.1) is 0 Å². The second-order valence-corrected chi connectivity index (χ2v) is 26.7. The number of carbonyl (C=O) groups is 3. The van der Waals surface area contributed by atoms with Crippen molar-refractivity contribution >= 4 is 18.2 Å². The first-order chi connectivity index (χ1) is 38.4. The third-order valence-electron chi connectivity index (χ3n) is 21.7. The highest BCUT2D eigenvalue weighted by atomic mass is 16.8. The zero-order valence-corrected chi connectivity index (χ0v) is 47.8. The molecule has 0 spiro atoms. The van der Waals surface area contributed by atoms with Crippen LogP contribution in [0.5, 0.6) is 0 Å². The Labute approximate surface area is 476 Å². The Morgan fingerprint density at radius 1 is 0.671 bits per heavy atom. The van der Waals surface area contributed by atoms with Gasteiger partial charge >= 0.3 is 11.9 Å². The van der Waals surface area contributed by atoms with Crippen LogP contribution in [0.25, 0.3) is 0 Å². The molecule has 25 heteroatoms. The van der Waals surface area contributed by atoms with Gasteiger partial charge in [0.15, 0.2) is 31.3 Å². The van der Waals surface area contributed by atoms with Crippen LogP contribution in [0.4, 0.5) is 0 Å². The molecule has 13 N–H and O–H groups in total. The molecule has 4 saturated heterocycles. The van der Waals surface area contributed by atoms with Gasteiger partial charge in [0.05, 0.1) is 49.5 Å². The zero-order chi connectivity index (χ0) is 60.1. The van der Waals surface area contributed by atoms with Crippen LogP contribution >= 0.6 is 0 Å². The lowest BCUT2D eigenvalue weighted by Gasteiger charge is -2.72. The smallest absolute Gasteiger partial charge is 0.335 e. The number of hydrogen-bond donors (Lipinski definition) is 13. The summed E-state index contributed by atoms with van der Waals surface area (Å²) in [6.45, 7) is 13.5. The molecule has 4 aliphatic heterocycles. The number of fused-ring (bicyclic) bond motifs is 7. The van der Waals surface area contributed by atoms with Crippen LogP contribution in [0.3, 0.4) is 0 Å². The minimum atomic E-state index is -2.26. The van der Waals surface area contributed by atoms with E-state index in [4.69, 9.17) is 42.6 Å². The number of rotatable bonds is 14. The second kappa shape index (κ2) is 23.4. The molecule has 0 aromatic rings. The number of aliphatic hydroxyl groups is 12. The summed E-state index contributed by atoms with van der Waals surface area (Å²) < 4.78 is 54.4. The molecule has 0 radical (unpaired) electrons. The maximum absolute atomic E-state index is 14.1. The van der Waals surface area contributed by atoms with Gasteiger partial charge in [-0.1, -0.05) is 59.3 Å². The molecular weight excluding hydrogens is 1080 g/mol. The van der Waals surface area contributed by atoms with E-state index in [1.807, 2.05) is 0 Å². The molecule has 4 saturated carbocycles. The van der Waals surface area contributed by atoms with E-state index in [1.165, 1.54) is 0 Å². The Bertz CT molecular complexity index is 2390. The van der Waals surface area contributed by atoms with Gasteiger partial charge in [-0.25, -0.2) is 9.59 Å². The molecule has 9 rings (SSSR count). The van der Waals surface area contributed by atoms with Gasteiger partial charge in [0, 0.05) is 5.57 Å². The lowest BCUT2D eigenvalue weighted by molar-refractivity contribution is -0.398. The molecule has 8 fully saturated rings. The molecule has 29 atom stereocenters. The first kappa shape index (κ1) is 63.8. The molecule has 82 heavy (non-hydrogen) atoms. The van der Waals surface area contributed by atoms with Crippen molar-refractivity contribution in [3.8, 4) is 0 Å². The van der Waals surface area contributed by atoms with Crippen LogP contribution in [0.1, 0.15) is 107 Å². The van der Waals surface area contributed by atoms with Gasteiger partial charge in [0.1, 0.15) is 91.7 Å². The highest BCUT2D eigenvalue weighted by molar-refractivity contribution is 5.87. The minimum absolute atomic E-state index is 0.0883. The van der Waals surface area contributed by atoms with Crippen LogP contribution in [-0.2, 0) is 57.0 Å². The Hall–Kier alpha value is -2.71. The minimum Gasteiger partial charge on any atom is -0.479 e. The summed E-state index contributed by atoms with van der Waals surface area (Å²) in [5.74, 6) is -3.08. The maximum Gasteiger partial charge on any atom is 0.335 e. The topological polar surface area (TPSA) is 397 Å². The molecule has 4 heterocycles. The van der Waals surface area contributed by atoms with Crippen molar-refractivity contribution in [2.75, 3.05) is 26.4 Å². The van der Waals surface area contributed by atoms with Crippen LogP contribution in [0.15, 0.2) is 23.3 Å². The predicted octanol–water partition coefficient (Wildman–Crippen LogP) is -1.55. The fourth-order valence-corrected chi connectivity index (χ4v) is 16.7. The van der Waals surface area contributed by atoms with Gasteiger partial charge in [-0.05, 0) is 105 Å². The number of esters is 1. The standard InChI is InChI=1S/C57H88O25/c1-9-24(2)47(73)77-34-18-52(3,4)16-26-25-10-11-31-53(5)14-13-33(54(6,22-59)30(53)12-15-55(31,7)56(25,8)17-32(63)57(26,34)23-60)78-51-45(82-49-40(69)38(67)37(66)29(19-58)76-49)42(41(70)43(80-51)46(71)72)79-50-44(36(65)28(62)21-75-50)81-48-39(68)35(64)27(61)20-74-48/h9-10,22,26-45,48-51,58,60-70H,11-21,23H2,1-8H3,(H,71,72)/b24-9-/t26-,27+,28+,29-,30-,31+,32+,33+,34-,35+,36+,37-,38+,39+,40+,41-,42+,43-,44+,45-,48-,49-,50+,51+,53-,54-,55+,56-,57+/m0/s1. The summed E-state index contributed by atoms with van der Waals surface area (Å²) in [7, 11) is 0. The van der Waals surface area contributed by atoms with Crippen LogP contribution in [-0.4, -0.2) is 240 Å². The molecule has 466 valence electrons. The second-order valence-electron chi connectivity index (χ2n) is 26.7. The highest BCUT2D eigenvalue weighted by Gasteiger charge is 2.73. The SMILES string of the molecule is C/C=C(/C)C(=O)O[C@H]1CC(C)(C)C[C@H]2C3=CC[C@@H]4[C@@]5(C)CC[C@@H](O[C@@H]6O[C@H](C(=O)O)[C@@H](O)[C@@H](O[C@H]7OC[C@@H](O)[C@@H](O)[C@H]7O[C@@H]7OC[C@@H](O)[C@@H](O)[C@H]7O)[C@@H]6O[C@@H]6O[C@@H](CO)[C@H](O)[C@@H](O)[C@H]6O)[C@@](C)(C=O)[C@H]5CC[C@@]4(C)[C@@]3(C)C[C@@H](O)[C@]12CO. The summed E-state index contributed by atoms with van der Waals surface area (Å²) in [6, 6.07) is 0. The van der Waals surface area contributed by atoms with E-state index in [1.54, 1.807) is 26.8 Å². The van der Waals surface area contributed by atoms with Crippen molar-refractivity contribution in [2.24, 2.45) is 50.2 Å². The van der Waals surface area contributed by atoms with Crippen molar-refractivity contribution in [1.82, 2.24) is 0 Å². The number of carboxylic acids is 1. The van der Waals surface area contributed by atoms with Crippen molar-refractivity contribution in [3.05, 3.63) is 23.3 Å². The quantitative estimate of drug-likeness (QED) is 0.0308. The van der Waals surface area contributed by atoms with E-state index >= 15 is 0 Å². The first-order valence-electron chi connectivity index (χ1n) is 28.8. The first-order valence-corrected chi connectivity index (χ1v) is 28.8. The third-order valence-corrected chi connectivity index (χ3v) is 21.7. The predicted molar refractivity (Wildman–Crippen MR) is 278 cm³/mol. The van der Waals surface area contributed by atoms with Gasteiger partial charge in [0.25, 0.3) is 0 Å². The number of carbonyl (C=O) groups excluding carboxylic acids is 2. The van der Waals surface area contributed by atoms with Gasteiger partial charge in [-0.3, -0.25) is 0 Å². The number of aliphatic hydroxyl groups excluding tert-OH is 12. The molecule has 25 nitrogen and oxygen atoms in total. The Balaban J connectivity index is 1.04. The Morgan fingerprint density at radius 3 is 1.94 bits per heavy atom. The molecule has 0 amide bonds. The van der Waals surface area contributed by atoms with Crippen LogP contribution in [0.2, 0.25) is 0 Å². The van der Waals surface area contributed by atoms with Gasteiger partial charge in [0.2, 0.25) is 0 Å². The summed E-state index contributed by atoms with van der Waals surface area (Å²) >= 11 is 0. The average molecular weight is 1170 g/mol. The number of allylic oxidation sites excluding steroid dienone is 3. The summed E-state index contributed by atoms with van der Waals surface area (Å²) in [4.78, 5) is 40.7. The lowest BCUT2D eigenvalue weighted by Crippen LogP contribution is -2.70. The van der Waals surface area contributed by atoms with Crippen molar-refractivity contribution in [2.45, 2.75) is 236 Å². The van der Waals surface area contributed by atoms with E-state index in [0.717, 1.165) is 11.9 Å². The van der Waals surface area contributed by atoms with Crippen LogP contribution in [0, 0.1) is 50.2 Å². The third kappa shape index (κ3) is 10.4. The molecule has 0 aromatic carbocycles. The zero-order valence-electron chi connectivity index (χ0n) is 47.8. The molecule has 5 aliphatic carbocycles. The summed E-state index contributed by atoms with van der Waals surface area (Å²) in [5, 5.41) is 143. The van der Waals surface area contributed by atoms with E-state index in [-0.39, 0.29) is 30.1 Å². The summed E-state index contributed by atoms with van der Waals surface area (Å²) in [5.41, 5.74) is -3.05. The highest BCUT2D eigenvalue weighted by Crippen LogP contribution is 2.76. The van der Waals surface area contributed by atoms with Gasteiger partial charge in [-0.2, -0.15) is 0 Å².